The van der Waals surface area contributed by atoms with Gasteiger partial charge >= 0.3 is 0 Å². The molecular weight excluding hydrogens is 250 g/mol. The van der Waals surface area contributed by atoms with Gasteiger partial charge in [0.2, 0.25) is 0 Å². The minimum atomic E-state index is -0.413. The first kappa shape index (κ1) is 15.3. The lowest BCUT2D eigenvalue weighted by molar-refractivity contribution is -0.00790. The molecule has 20 heavy (non-hydrogen) atoms. The molecule has 1 aromatic rings. The molecule has 0 amide bonds. The standard InChI is InChI=1S/C17H27NO2/c1-17(10-6-3-7-11-17)16(19)14(12-18)13-8-4-5-9-15(13)20-2/h4-5,8-9,14,16,19H,3,6-7,10-12,18H2,1-2H3. The summed E-state index contributed by atoms with van der Waals surface area (Å²) in [5, 5.41) is 10.9. The molecule has 2 rings (SSSR count). The van der Waals surface area contributed by atoms with E-state index in [4.69, 9.17) is 10.5 Å². The number of aliphatic hydroxyl groups excluding tert-OH is 1. The van der Waals surface area contributed by atoms with Crippen molar-refractivity contribution in [3.05, 3.63) is 29.8 Å². The molecule has 3 nitrogen and oxygen atoms in total. The van der Waals surface area contributed by atoms with Crippen molar-refractivity contribution in [2.75, 3.05) is 13.7 Å². The van der Waals surface area contributed by atoms with Gasteiger partial charge in [0.25, 0.3) is 0 Å². The summed E-state index contributed by atoms with van der Waals surface area (Å²) in [5.74, 6) is 0.760. The number of rotatable bonds is 5. The van der Waals surface area contributed by atoms with Gasteiger partial charge < -0.3 is 15.6 Å². The fraction of sp³-hybridized carbons (Fsp3) is 0.647. The minimum Gasteiger partial charge on any atom is -0.496 e. The Kier molecular flexibility index (Phi) is 5.06. The summed E-state index contributed by atoms with van der Waals surface area (Å²) >= 11 is 0. The zero-order valence-corrected chi connectivity index (χ0v) is 12.6. The molecule has 0 aromatic heterocycles. The van der Waals surface area contributed by atoms with Gasteiger partial charge in [0, 0.05) is 18.0 Å². The zero-order chi connectivity index (χ0) is 14.6. The molecule has 2 unspecified atom stereocenters. The lowest BCUT2D eigenvalue weighted by atomic mass is 9.67. The summed E-state index contributed by atoms with van der Waals surface area (Å²) in [6, 6.07) is 7.89. The van der Waals surface area contributed by atoms with Crippen LogP contribution in [0.25, 0.3) is 0 Å². The summed E-state index contributed by atoms with van der Waals surface area (Å²) in [6.45, 7) is 2.64. The van der Waals surface area contributed by atoms with Crippen LogP contribution in [0.2, 0.25) is 0 Å². The monoisotopic (exact) mass is 277 g/mol. The number of ether oxygens (including phenoxy) is 1. The first-order valence-electron chi connectivity index (χ1n) is 7.63. The second-order valence-corrected chi connectivity index (χ2v) is 6.24. The average molecular weight is 277 g/mol. The number of nitrogens with two attached hydrogens (primary N) is 1. The van der Waals surface area contributed by atoms with Crippen LogP contribution in [0.5, 0.6) is 5.75 Å². The predicted octanol–water partition coefficient (Wildman–Crippen LogP) is 3.07. The van der Waals surface area contributed by atoms with Crippen LogP contribution in [-0.2, 0) is 0 Å². The maximum absolute atomic E-state index is 10.9. The Morgan fingerprint density at radius 3 is 2.50 bits per heavy atom. The van der Waals surface area contributed by atoms with E-state index in [0.29, 0.717) is 6.54 Å². The zero-order valence-electron chi connectivity index (χ0n) is 12.6. The number of hydrogen-bond acceptors (Lipinski definition) is 3. The number of methoxy groups -OCH3 is 1. The highest BCUT2D eigenvalue weighted by Crippen LogP contribution is 2.44. The Morgan fingerprint density at radius 2 is 1.90 bits per heavy atom. The van der Waals surface area contributed by atoms with Gasteiger partial charge in [-0.3, -0.25) is 0 Å². The van der Waals surface area contributed by atoms with E-state index in [9.17, 15) is 5.11 Å². The molecule has 0 aliphatic heterocycles. The lowest BCUT2D eigenvalue weighted by Gasteiger charge is -2.41. The third kappa shape index (κ3) is 2.99. The van der Waals surface area contributed by atoms with Crippen molar-refractivity contribution in [3.63, 3.8) is 0 Å². The molecule has 1 aliphatic rings. The van der Waals surface area contributed by atoms with Crippen LogP contribution in [0, 0.1) is 5.41 Å². The molecule has 0 saturated heterocycles. The fourth-order valence-electron chi connectivity index (χ4n) is 3.54. The first-order valence-corrected chi connectivity index (χ1v) is 7.63. The van der Waals surface area contributed by atoms with Gasteiger partial charge in [-0.15, -0.1) is 0 Å². The van der Waals surface area contributed by atoms with Crippen molar-refractivity contribution in [3.8, 4) is 5.75 Å². The molecule has 0 radical (unpaired) electrons. The largest absolute Gasteiger partial charge is 0.496 e. The van der Waals surface area contributed by atoms with E-state index in [0.717, 1.165) is 24.2 Å². The van der Waals surface area contributed by atoms with Crippen molar-refractivity contribution in [2.24, 2.45) is 11.1 Å². The normalized spacial score (nSPS) is 21.2. The van der Waals surface area contributed by atoms with Crippen LogP contribution in [-0.4, -0.2) is 24.9 Å². The summed E-state index contributed by atoms with van der Waals surface area (Å²) in [7, 11) is 1.67. The Balaban J connectivity index is 2.26. The predicted molar refractivity (Wildman–Crippen MR) is 82.0 cm³/mol. The molecule has 1 aliphatic carbocycles. The Morgan fingerprint density at radius 1 is 1.25 bits per heavy atom. The number of hydrogen-bond donors (Lipinski definition) is 2. The molecule has 1 saturated carbocycles. The van der Waals surface area contributed by atoms with Gasteiger partial charge in [-0.2, -0.15) is 0 Å². The van der Waals surface area contributed by atoms with Crippen LogP contribution in [0.4, 0.5) is 0 Å². The lowest BCUT2D eigenvalue weighted by Crippen LogP contribution is -2.41. The summed E-state index contributed by atoms with van der Waals surface area (Å²) in [4.78, 5) is 0. The first-order chi connectivity index (χ1) is 9.62. The second kappa shape index (κ2) is 6.59. The van der Waals surface area contributed by atoms with Gasteiger partial charge in [0.05, 0.1) is 13.2 Å². The van der Waals surface area contributed by atoms with E-state index in [1.54, 1.807) is 7.11 Å². The van der Waals surface area contributed by atoms with Crippen molar-refractivity contribution in [2.45, 2.75) is 51.0 Å². The summed E-state index contributed by atoms with van der Waals surface area (Å²) < 4.78 is 5.43. The number of aliphatic hydroxyl groups is 1. The van der Waals surface area contributed by atoms with Gasteiger partial charge in [-0.05, 0) is 24.3 Å². The van der Waals surface area contributed by atoms with Gasteiger partial charge in [-0.25, -0.2) is 0 Å². The van der Waals surface area contributed by atoms with E-state index < -0.39 is 6.10 Å². The molecule has 0 heterocycles. The van der Waals surface area contributed by atoms with E-state index in [2.05, 4.69) is 6.92 Å². The molecule has 1 aromatic carbocycles. The molecular formula is C17H27NO2. The van der Waals surface area contributed by atoms with Crippen molar-refractivity contribution < 1.29 is 9.84 Å². The maximum Gasteiger partial charge on any atom is 0.122 e. The van der Waals surface area contributed by atoms with Crippen molar-refractivity contribution >= 4 is 0 Å². The molecule has 0 spiro atoms. The van der Waals surface area contributed by atoms with Crippen molar-refractivity contribution in [1.29, 1.82) is 0 Å². The Hall–Kier alpha value is -1.06. The highest BCUT2D eigenvalue weighted by atomic mass is 16.5. The summed E-state index contributed by atoms with van der Waals surface area (Å²) in [6.07, 6.45) is 5.45. The van der Waals surface area contributed by atoms with E-state index >= 15 is 0 Å². The molecule has 1 fully saturated rings. The van der Waals surface area contributed by atoms with E-state index in [1.807, 2.05) is 24.3 Å². The van der Waals surface area contributed by atoms with Crippen LogP contribution in [0.1, 0.15) is 50.5 Å². The smallest absolute Gasteiger partial charge is 0.122 e. The van der Waals surface area contributed by atoms with Crippen molar-refractivity contribution in [1.82, 2.24) is 0 Å². The topological polar surface area (TPSA) is 55.5 Å². The van der Waals surface area contributed by atoms with Gasteiger partial charge in [0.1, 0.15) is 5.75 Å². The maximum atomic E-state index is 10.9. The Labute approximate surface area is 122 Å². The molecule has 112 valence electrons. The average Bonchev–Trinajstić information content (AvgIpc) is 2.49. The highest BCUT2D eigenvalue weighted by molar-refractivity contribution is 5.37. The summed E-state index contributed by atoms with van der Waals surface area (Å²) in [5.41, 5.74) is 6.98. The van der Waals surface area contributed by atoms with E-state index in [-0.39, 0.29) is 11.3 Å². The van der Waals surface area contributed by atoms with Crippen LogP contribution in [0.3, 0.4) is 0 Å². The molecule has 3 N–H and O–H groups in total. The Bertz CT molecular complexity index is 427. The van der Waals surface area contributed by atoms with Crippen LogP contribution in [0.15, 0.2) is 24.3 Å². The van der Waals surface area contributed by atoms with Crippen LogP contribution >= 0.6 is 0 Å². The third-order valence-electron chi connectivity index (χ3n) is 4.88. The number of benzene rings is 1. The van der Waals surface area contributed by atoms with E-state index in [1.165, 1.54) is 19.3 Å². The van der Waals surface area contributed by atoms with Crippen LogP contribution < -0.4 is 10.5 Å². The highest BCUT2D eigenvalue weighted by Gasteiger charge is 2.39. The van der Waals surface area contributed by atoms with Gasteiger partial charge in [0.15, 0.2) is 0 Å². The molecule has 3 heteroatoms. The molecule has 2 atom stereocenters. The fourth-order valence-corrected chi connectivity index (χ4v) is 3.54. The third-order valence-corrected chi connectivity index (χ3v) is 4.88. The SMILES string of the molecule is COc1ccccc1C(CN)C(O)C1(C)CCCCC1. The quantitative estimate of drug-likeness (QED) is 0.869. The second-order valence-electron chi connectivity index (χ2n) is 6.24. The minimum absolute atomic E-state index is 0.0247. The molecule has 0 bridgehead atoms. The van der Waals surface area contributed by atoms with Gasteiger partial charge in [-0.1, -0.05) is 44.4 Å². The number of para-hydroxylation sites is 1.